The van der Waals surface area contributed by atoms with E-state index in [9.17, 15) is 0 Å². The number of hydrogen-bond donors (Lipinski definition) is 1. The molecule has 0 saturated carbocycles. The highest BCUT2D eigenvalue weighted by Gasteiger charge is 1.97. The summed E-state index contributed by atoms with van der Waals surface area (Å²) < 4.78 is 1.99. The van der Waals surface area contributed by atoms with Gasteiger partial charge in [0, 0.05) is 24.0 Å². The number of nitrogens with one attached hydrogen (secondary N) is 1. The van der Waals surface area contributed by atoms with Gasteiger partial charge in [0.25, 0.3) is 0 Å². The van der Waals surface area contributed by atoms with Crippen LogP contribution in [-0.2, 0) is 13.6 Å². The number of aromatic nitrogens is 2. The van der Waals surface area contributed by atoms with Crippen molar-refractivity contribution in [1.82, 2.24) is 9.55 Å². The van der Waals surface area contributed by atoms with E-state index < -0.39 is 0 Å². The fourth-order valence-corrected chi connectivity index (χ4v) is 1.44. The number of aryl methyl sites for hydroxylation is 1. The Balaban J connectivity index is 1.99. The summed E-state index contributed by atoms with van der Waals surface area (Å²) in [5, 5.41) is 4.05. The van der Waals surface area contributed by atoms with Crippen molar-refractivity contribution in [3.05, 3.63) is 47.5 Å². The fraction of sp³-hybridized carbons (Fsp3) is 0.182. The Morgan fingerprint density at radius 3 is 2.67 bits per heavy atom. The van der Waals surface area contributed by atoms with Crippen molar-refractivity contribution >= 4 is 17.3 Å². The molecule has 2 rings (SSSR count). The lowest BCUT2D eigenvalue weighted by atomic mass is 10.3. The number of benzene rings is 1. The van der Waals surface area contributed by atoms with E-state index in [0.717, 1.165) is 22.9 Å². The van der Waals surface area contributed by atoms with Crippen LogP contribution < -0.4 is 5.32 Å². The first kappa shape index (κ1) is 10.1. The maximum absolute atomic E-state index is 5.79. The lowest BCUT2D eigenvalue weighted by Gasteiger charge is -2.06. The molecule has 0 spiro atoms. The summed E-state index contributed by atoms with van der Waals surface area (Å²) >= 11 is 5.79. The number of nitrogens with zero attached hydrogens (tertiary/aromatic N) is 2. The molecule has 0 aliphatic carbocycles. The largest absolute Gasteiger partial charge is 0.379 e. The number of rotatable bonds is 3. The van der Waals surface area contributed by atoms with Crippen LogP contribution in [-0.4, -0.2) is 9.55 Å². The van der Waals surface area contributed by atoms with Gasteiger partial charge in [-0.25, -0.2) is 4.98 Å². The summed E-state index contributed by atoms with van der Waals surface area (Å²) in [6, 6.07) is 7.65. The molecular formula is C11H12ClN3. The molecular weight excluding hydrogens is 210 g/mol. The van der Waals surface area contributed by atoms with Crippen LogP contribution in [0.3, 0.4) is 0 Å². The van der Waals surface area contributed by atoms with Crippen LogP contribution in [0.2, 0.25) is 5.02 Å². The Kier molecular flexibility index (Phi) is 2.92. The van der Waals surface area contributed by atoms with Crippen molar-refractivity contribution in [3.63, 3.8) is 0 Å². The molecule has 0 bridgehead atoms. The van der Waals surface area contributed by atoms with Gasteiger partial charge in [0.05, 0.1) is 18.6 Å². The molecule has 2 aromatic rings. The van der Waals surface area contributed by atoms with Gasteiger partial charge in [-0.2, -0.15) is 0 Å². The number of hydrogen-bond acceptors (Lipinski definition) is 2. The van der Waals surface area contributed by atoms with Crippen molar-refractivity contribution < 1.29 is 0 Å². The van der Waals surface area contributed by atoms with Crippen LogP contribution in [0.4, 0.5) is 5.69 Å². The molecule has 0 atom stereocenters. The Morgan fingerprint density at radius 1 is 1.33 bits per heavy atom. The first-order chi connectivity index (χ1) is 7.25. The average molecular weight is 222 g/mol. The molecule has 3 nitrogen and oxygen atoms in total. The molecule has 0 unspecified atom stereocenters. The van der Waals surface area contributed by atoms with Crippen molar-refractivity contribution in [2.75, 3.05) is 5.32 Å². The lowest BCUT2D eigenvalue weighted by molar-refractivity contribution is 0.837. The number of imidazole rings is 1. The minimum Gasteiger partial charge on any atom is -0.379 e. The van der Waals surface area contributed by atoms with E-state index in [1.807, 2.05) is 42.1 Å². The van der Waals surface area contributed by atoms with Gasteiger partial charge >= 0.3 is 0 Å². The molecule has 0 aliphatic rings. The highest BCUT2D eigenvalue weighted by atomic mass is 35.5. The zero-order valence-corrected chi connectivity index (χ0v) is 9.20. The lowest BCUT2D eigenvalue weighted by Crippen LogP contribution is -2.03. The highest BCUT2D eigenvalue weighted by Crippen LogP contribution is 2.14. The third kappa shape index (κ3) is 2.50. The molecule has 0 radical (unpaired) electrons. The number of anilines is 1. The van der Waals surface area contributed by atoms with Crippen molar-refractivity contribution in [2.45, 2.75) is 6.54 Å². The first-order valence-corrected chi connectivity index (χ1v) is 5.08. The zero-order chi connectivity index (χ0) is 10.7. The molecule has 0 saturated heterocycles. The van der Waals surface area contributed by atoms with Crippen molar-refractivity contribution in [2.24, 2.45) is 7.05 Å². The van der Waals surface area contributed by atoms with Gasteiger partial charge in [0.1, 0.15) is 0 Å². The molecule has 15 heavy (non-hydrogen) atoms. The minimum atomic E-state index is 0.751. The Labute approximate surface area is 93.7 Å². The molecule has 4 heteroatoms. The summed E-state index contributed by atoms with van der Waals surface area (Å²) in [6.45, 7) is 0.762. The maximum atomic E-state index is 5.79. The summed E-state index contributed by atoms with van der Waals surface area (Å²) in [6.07, 6.45) is 3.64. The Hall–Kier alpha value is -1.48. The van der Waals surface area contributed by atoms with E-state index in [0.29, 0.717) is 0 Å². The van der Waals surface area contributed by atoms with E-state index in [-0.39, 0.29) is 0 Å². The van der Waals surface area contributed by atoms with Crippen LogP contribution in [0, 0.1) is 0 Å². The zero-order valence-electron chi connectivity index (χ0n) is 8.44. The minimum absolute atomic E-state index is 0.751. The SMILES string of the molecule is Cn1cncc1CNc1ccc(Cl)cc1. The van der Waals surface area contributed by atoms with Gasteiger partial charge < -0.3 is 9.88 Å². The second kappa shape index (κ2) is 4.36. The van der Waals surface area contributed by atoms with E-state index in [2.05, 4.69) is 10.3 Å². The van der Waals surface area contributed by atoms with E-state index >= 15 is 0 Å². The van der Waals surface area contributed by atoms with Crippen molar-refractivity contribution in [1.29, 1.82) is 0 Å². The molecule has 0 fully saturated rings. The second-order valence-corrected chi connectivity index (χ2v) is 3.79. The molecule has 0 amide bonds. The normalized spacial score (nSPS) is 10.3. The molecule has 1 aromatic heterocycles. The highest BCUT2D eigenvalue weighted by molar-refractivity contribution is 6.30. The smallest absolute Gasteiger partial charge is 0.0946 e. The molecule has 1 aromatic carbocycles. The fourth-order valence-electron chi connectivity index (χ4n) is 1.32. The quantitative estimate of drug-likeness (QED) is 0.864. The molecule has 78 valence electrons. The number of halogens is 1. The van der Waals surface area contributed by atoms with Gasteiger partial charge in [-0.15, -0.1) is 0 Å². The van der Waals surface area contributed by atoms with E-state index in [4.69, 9.17) is 11.6 Å². The van der Waals surface area contributed by atoms with Gasteiger partial charge in [-0.1, -0.05) is 11.6 Å². The van der Waals surface area contributed by atoms with Crippen LogP contribution in [0.25, 0.3) is 0 Å². The molecule has 1 heterocycles. The summed E-state index contributed by atoms with van der Waals surface area (Å²) in [5.41, 5.74) is 2.20. The van der Waals surface area contributed by atoms with Gasteiger partial charge in [-0.3, -0.25) is 0 Å². The van der Waals surface area contributed by atoms with Crippen LogP contribution in [0.5, 0.6) is 0 Å². The maximum Gasteiger partial charge on any atom is 0.0946 e. The summed E-state index contributed by atoms with van der Waals surface area (Å²) in [7, 11) is 1.98. The second-order valence-electron chi connectivity index (χ2n) is 3.36. The topological polar surface area (TPSA) is 29.9 Å². The Bertz CT molecular complexity index is 433. The summed E-state index contributed by atoms with van der Waals surface area (Å²) in [5.74, 6) is 0. The van der Waals surface area contributed by atoms with Crippen LogP contribution in [0.15, 0.2) is 36.8 Å². The average Bonchev–Trinajstić information content (AvgIpc) is 2.63. The van der Waals surface area contributed by atoms with Crippen LogP contribution >= 0.6 is 11.6 Å². The molecule has 0 aliphatic heterocycles. The van der Waals surface area contributed by atoms with Gasteiger partial charge in [0.15, 0.2) is 0 Å². The third-order valence-electron chi connectivity index (χ3n) is 2.23. The Morgan fingerprint density at radius 2 is 2.07 bits per heavy atom. The van der Waals surface area contributed by atoms with Crippen LogP contribution in [0.1, 0.15) is 5.69 Å². The van der Waals surface area contributed by atoms with E-state index in [1.165, 1.54) is 0 Å². The van der Waals surface area contributed by atoms with Gasteiger partial charge in [-0.05, 0) is 24.3 Å². The first-order valence-electron chi connectivity index (χ1n) is 4.70. The third-order valence-corrected chi connectivity index (χ3v) is 2.49. The van der Waals surface area contributed by atoms with E-state index in [1.54, 1.807) is 6.33 Å². The monoisotopic (exact) mass is 221 g/mol. The molecule has 1 N–H and O–H groups in total. The van der Waals surface area contributed by atoms with Gasteiger partial charge in [0.2, 0.25) is 0 Å². The summed E-state index contributed by atoms with van der Waals surface area (Å²) in [4.78, 5) is 4.05. The predicted octanol–water partition coefficient (Wildman–Crippen LogP) is 2.69. The predicted molar refractivity (Wildman–Crippen MR) is 62.0 cm³/mol. The standard InChI is InChI=1S/C11H12ClN3/c1-15-8-13-6-11(15)7-14-10-4-2-9(12)3-5-10/h2-6,8,14H,7H2,1H3. The van der Waals surface area contributed by atoms with Crippen molar-refractivity contribution in [3.8, 4) is 0 Å².